The summed E-state index contributed by atoms with van der Waals surface area (Å²) < 4.78 is 13.5. The fourth-order valence-electron chi connectivity index (χ4n) is 2.80. The Hall–Kier alpha value is -1.86. The molecule has 1 unspecified atom stereocenters. The number of hydrogen-bond acceptors (Lipinski definition) is 2. The molecule has 1 saturated heterocycles. The first-order valence-electron chi connectivity index (χ1n) is 7.46. The van der Waals surface area contributed by atoms with E-state index in [0.717, 1.165) is 32.2 Å². The van der Waals surface area contributed by atoms with Crippen LogP contribution in [0.4, 0.5) is 4.39 Å². The summed E-state index contributed by atoms with van der Waals surface area (Å²) in [7, 11) is 0. The molecule has 0 bridgehead atoms. The highest BCUT2D eigenvalue weighted by molar-refractivity contribution is 5.97. The first-order chi connectivity index (χ1) is 10.2. The van der Waals surface area contributed by atoms with Crippen LogP contribution in [0.25, 0.3) is 0 Å². The van der Waals surface area contributed by atoms with Crippen LogP contribution in [-0.2, 0) is 0 Å². The van der Waals surface area contributed by atoms with Gasteiger partial charge in [0, 0.05) is 18.2 Å². The van der Waals surface area contributed by atoms with Crippen LogP contribution < -0.4 is 5.73 Å². The van der Waals surface area contributed by atoms with Crippen LogP contribution in [-0.4, -0.2) is 29.9 Å². The number of carbonyl (C=O) groups excluding carboxylic acids is 1. The SMILES string of the molecule is CCC1CCCCN1C(=O)c1cc(F)ccc1C#CCN. The molecule has 0 aliphatic carbocycles. The van der Waals surface area contributed by atoms with Gasteiger partial charge < -0.3 is 10.6 Å². The van der Waals surface area contributed by atoms with Crippen molar-refractivity contribution in [1.29, 1.82) is 0 Å². The van der Waals surface area contributed by atoms with E-state index < -0.39 is 5.82 Å². The number of amides is 1. The summed E-state index contributed by atoms with van der Waals surface area (Å²) in [5.74, 6) is 5.06. The van der Waals surface area contributed by atoms with Crippen LogP contribution in [0.5, 0.6) is 0 Å². The van der Waals surface area contributed by atoms with Gasteiger partial charge in [-0.25, -0.2) is 4.39 Å². The van der Waals surface area contributed by atoms with Gasteiger partial charge in [-0.15, -0.1) is 0 Å². The van der Waals surface area contributed by atoms with Gasteiger partial charge in [0.05, 0.1) is 12.1 Å². The fourth-order valence-corrected chi connectivity index (χ4v) is 2.80. The minimum Gasteiger partial charge on any atom is -0.336 e. The Kier molecular flexibility index (Phi) is 5.35. The molecule has 1 aromatic carbocycles. The molecular weight excluding hydrogens is 267 g/mol. The predicted molar refractivity (Wildman–Crippen MR) is 81.3 cm³/mol. The van der Waals surface area contributed by atoms with Crippen LogP contribution in [0.1, 0.15) is 48.5 Å². The van der Waals surface area contributed by atoms with Crippen LogP contribution in [0.2, 0.25) is 0 Å². The van der Waals surface area contributed by atoms with E-state index in [0.29, 0.717) is 11.1 Å². The number of hydrogen-bond donors (Lipinski definition) is 1. The third kappa shape index (κ3) is 3.62. The van der Waals surface area contributed by atoms with Gasteiger partial charge in [-0.1, -0.05) is 18.8 Å². The lowest BCUT2D eigenvalue weighted by Crippen LogP contribution is -2.43. The largest absolute Gasteiger partial charge is 0.336 e. The molecule has 2 rings (SSSR count). The van der Waals surface area contributed by atoms with E-state index in [4.69, 9.17) is 5.73 Å². The Morgan fingerprint density at radius 1 is 1.48 bits per heavy atom. The molecule has 0 saturated carbocycles. The van der Waals surface area contributed by atoms with Crippen molar-refractivity contribution in [1.82, 2.24) is 4.90 Å². The maximum absolute atomic E-state index is 13.5. The molecule has 1 amide bonds. The van der Waals surface area contributed by atoms with Crippen LogP contribution in [0.3, 0.4) is 0 Å². The van der Waals surface area contributed by atoms with E-state index >= 15 is 0 Å². The first kappa shape index (κ1) is 15.5. The maximum atomic E-state index is 13.5. The zero-order chi connectivity index (χ0) is 15.2. The average molecular weight is 288 g/mol. The molecule has 21 heavy (non-hydrogen) atoms. The zero-order valence-electron chi connectivity index (χ0n) is 12.4. The zero-order valence-corrected chi connectivity index (χ0v) is 12.4. The Morgan fingerprint density at radius 3 is 3.00 bits per heavy atom. The number of nitrogens with zero attached hydrogens (tertiary/aromatic N) is 1. The molecule has 1 fully saturated rings. The number of benzene rings is 1. The van der Waals surface area contributed by atoms with Crippen LogP contribution in [0, 0.1) is 17.7 Å². The van der Waals surface area contributed by atoms with Crippen molar-refractivity contribution < 1.29 is 9.18 Å². The van der Waals surface area contributed by atoms with Crippen molar-refractivity contribution in [3.63, 3.8) is 0 Å². The summed E-state index contributed by atoms with van der Waals surface area (Å²) >= 11 is 0. The summed E-state index contributed by atoms with van der Waals surface area (Å²) in [6.45, 7) is 3.03. The predicted octanol–water partition coefficient (Wildman–Crippen LogP) is 2.54. The number of piperidine rings is 1. The van der Waals surface area contributed by atoms with Crippen molar-refractivity contribution in [3.05, 3.63) is 35.1 Å². The highest BCUT2D eigenvalue weighted by Crippen LogP contribution is 2.23. The smallest absolute Gasteiger partial charge is 0.255 e. The molecule has 0 radical (unpaired) electrons. The van der Waals surface area contributed by atoms with Gasteiger partial charge in [0.1, 0.15) is 5.82 Å². The normalized spacial score (nSPS) is 18.0. The Balaban J connectivity index is 2.35. The molecule has 4 heteroatoms. The Labute approximate surface area is 125 Å². The third-order valence-electron chi connectivity index (χ3n) is 3.90. The number of rotatable bonds is 2. The lowest BCUT2D eigenvalue weighted by Gasteiger charge is -2.35. The van der Waals surface area contributed by atoms with E-state index in [9.17, 15) is 9.18 Å². The lowest BCUT2D eigenvalue weighted by atomic mass is 9.97. The number of likely N-dealkylation sites (tertiary alicyclic amines) is 1. The quantitative estimate of drug-likeness (QED) is 0.850. The Bertz CT molecular complexity index is 574. The van der Waals surface area contributed by atoms with E-state index in [1.165, 1.54) is 12.1 Å². The van der Waals surface area contributed by atoms with Gasteiger partial charge in [-0.2, -0.15) is 0 Å². The van der Waals surface area contributed by atoms with E-state index in [1.807, 2.05) is 4.90 Å². The molecule has 1 aromatic rings. The van der Waals surface area contributed by atoms with Crippen molar-refractivity contribution in [3.8, 4) is 11.8 Å². The second kappa shape index (κ2) is 7.24. The molecule has 1 aliphatic rings. The highest BCUT2D eigenvalue weighted by atomic mass is 19.1. The van der Waals surface area contributed by atoms with E-state index in [-0.39, 0.29) is 18.5 Å². The monoisotopic (exact) mass is 288 g/mol. The molecule has 112 valence electrons. The van der Waals surface area contributed by atoms with Crippen LogP contribution in [0.15, 0.2) is 18.2 Å². The number of carbonyl (C=O) groups is 1. The van der Waals surface area contributed by atoms with Crippen LogP contribution >= 0.6 is 0 Å². The minimum atomic E-state index is -0.415. The Morgan fingerprint density at radius 2 is 2.29 bits per heavy atom. The topological polar surface area (TPSA) is 46.3 Å². The molecule has 1 atom stereocenters. The highest BCUT2D eigenvalue weighted by Gasteiger charge is 2.27. The van der Waals surface area contributed by atoms with Gasteiger partial charge in [-0.3, -0.25) is 4.79 Å². The second-order valence-electron chi connectivity index (χ2n) is 5.25. The summed E-state index contributed by atoms with van der Waals surface area (Å²) in [5.41, 5.74) is 6.27. The van der Waals surface area contributed by atoms with E-state index in [1.54, 1.807) is 6.07 Å². The third-order valence-corrected chi connectivity index (χ3v) is 3.90. The molecular formula is C17H21FN2O. The molecule has 3 nitrogen and oxygen atoms in total. The molecule has 1 heterocycles. The molecule has 0 aromatic heterocycles. The lowest BCUT2D eigenvalue weighted by molar-refractivity contribution is 0.0607. The van der Waals surface area contributed by atoms with Gasteiger partial charge in [0.15, 0.2) is 0 Å². The second-order valence-corrected chi connectivity index (χ2v) is 5.25. The number of nitrogens with two attached hydrogens (primary N) is 1. The van der Waals surface area contributed by atoms with Gasteiger partial charge >= 0.3 is 0 Å². The van der Waals surface area contributed by atoms with Crippen molar-refractivity contribution >= 4 is 5.91 Å². The van der Waals surface area contributed by atoms with Gasteiger partial charge in [-0.05, 0) is 43.9 Å². The summed E-state index contributed by atoms with van der Waals surface area (Å²) in [6, 6.07) is 4.40. The number of halogens is 1. The van der Waals surface area contributed by atoms with Crippen molar-refractivity contribution in [2.75, 3.05) is 13.1 Å². The van der Waals surface area contributed by atoms with Crippen molar-refractivity contribution in [2.45, 2.75) is 38.6 Å². The first-order valence-corrected chi connectivity index (χ1v) is 7.46. The maximum Gasteiger partial charge on any atom is 0.255 e. The van der Waals surface area contributed by atoms with Crippen molar-refractivity contribution in [2.24, 2.45) is 5.73 Å². The average Bonchev–Trinajstić information content (AvgIpc) is 2.53. The summed E-state index contributed by atoms with van der Waals surface area (Å²) in [6.07, 6.45) is 4.08. The van der Waals surface area contributed by atoms with Gasteiger partial charge in [0.25, 0.3) is 5.91 Å². The molecule has 0 spiro atoms. The fraction of sp³-hybridized carbons (Fsp3) is 0.471. The summed E-state index contributed by atoms with van der Waals surface area (Å²) in [4.78, 5) is 14.6. The van der Waals surface area contributed by atoms with E-state index in [2.05, 4.69) is 18.8 Å². The standard InChI is InChI=1S/C17H21FN2O/c1-2-15-7-3-4-11-20(15)17(21)16-12-14(18)9-8-13(16)6-5-10-19/h8-9,12,15H,2-4,7,10-11,19H2,1H3. The molecule has 2 N–H and O–H groups in total. The minimum absolute atomic E-state index is 0.123. The summed E-state index contributed by atoms with van der Waals surface area (Å²) in [5, 5.41) is 0. The van der Waals surface area contributed by atoms with Gasteiger partial charge in [0.2, 0.25) is 0 Å². The molecule has 1 aliphatic heterocycles.